The van der Waals surface area contributed by atoms with E-state index in [-0.39, 0.29) is 18.4 Å². The molecule has 0 saturated heterocycles. The maximum absolute atomic E-state index is 12.6. The van der Waals surface area contributed by atoms with E-state index >= 15 is 0 Å². The third-order valence-electron chi connectivity index (χ3n) is 3.93. The molecule has 0 bridgehead atoms. The van der Waals surface area contributed by atoms with E-state index in [1.807, 2.05) is 11.5 Å². The summed E-state index contributed by atoms with van der Waals surface area (Å²) in [5.74, 6) is 0.363. The van der Waals surface area contributed by atoms with Gasteiger partial charge in [0.15, 0.2) is 0 Å². The molecular weight excluding hydrogens is 312 g/mol. The first-order valence-electron chi connectivity index (χ1n) is 7.85. The summed E-state index contributed by atoms with van der Waals surface area (Å²) >= 11 is 0. The Balaban J connectivity index is 1.69. The van der Waals surface area contributed by atoms with Crippen LogP contribution in [0.3, 0.4) is 0 Å². The number of hydrogen-bond acceptors (Lipinski definition) is 5. The van der Waals surface area contributed by atoms with E-state index in [9.17, 15) is 9.59 Å². The van der Waals surface area contributed by atoms with E-state index in [4.69, 9.17) is 9.15 Å². The van der Waals surface area contributed by atoms with Crippen LogP contribution in [0, 0.1) is 0 Å². The van der Waals surface area contributed by atoms with Gasteiger partial charge >= 0.3 is 0 Å². The van der Waals surface area contributed by atoms with Crippen LogP contribution in [0.2, 0.25) is 0 Å². The van der Waals surface area contributed by atoms with Crippen molar-refractivity contribution in [2.75, 3.05) is 19.8 Å². The summed E-state index contributed by atoms with van der Waals surface area (Å²) in [5.41, 5.74) is 0.823. The van der Waals surface area contributed by atoms with Gasteiger partial charge in [-0.2, -0.15) is 0 Å². The Labute approximate surface area is 139 Å². The van der Waals surface area contributed by atoms with Crippen molar-refractivity contribution >= 4 is 11.8 Å². The van der Waals surface area contributed by atoms with Gasteiger partial charge in [0.2, 0.25) is 11.8 Å². The first kappa shape index (κ1) is 16.3. The van der Waals surface area contributed by atoms with E-state index in [1.165, 1.54) is 0 Å². The number of nitrogens with zero attached hydrogens (tertiary/aromatic N) is 3. The second-order valence-corrected chi connectivity index (χ2v) is 5.52. The van der Waals surface area contributed by atoms with Crippen molar-refractivity contribution in [2.45, 2.75) is 26.1 Å². The van der Waals surface area contributed by atoms with Gasteiger partial charge in [-0.05, 0) is 19.1 Å². The zero-order valence-electron chi connectivity index (χ0n) is 13.5. The number of imidazole rings is 1. The number of carbonyl (C=O) groups is 2. The molecular formula is C16H20N4O4. The van der Waals surface area contributed by atoms with Crippen LogP contribution in [-0.4, -0.2) is 46.0 Å². The standard InChI is InChI=1S/C16H20N4O4/c1-2-23-10-15(21)19-8-12-6-17-11-20(12)14(9-19)16(22)18-7-13-4-3-5-24-13/h3-6,11,14H,2,7-10H2,1H3,(H,18,22). The zero-order valence-corrected chi connectivity index (χ0v) is 13.5. The molecule has 1 aliphatic heterocycles. The maximum Gasteiger partial charge on any atom is 0.249 e. The number of furan rings is 1. The summed E-state index contributed by atoms with van der Waals surface area (Å²) in [7, 11) is 0. The number of ether oxygens (including phenoxy) is 1. The quantitative estimate of drug-likeness (QED) is 0.841. The van der Waals surface area contributed by atoms with Crippen molar-refractivity contribution in [3.05, 3.63) is 42.4 Å². The van der Waals surface area contributed by atoms with Crippen LogP contribution in [0.5, 0.6) is 0 Å². The Morgan fingerprint density at radius 3 is 3.12 bits per heavy atom. The molecule has 1 atom stereocenters. The molecule has 0 aliphatic carbocycles. The third kappa shape index (κ3) is 3.48. The summed E-state index contributed by atoms with van der Waals surface area (Å²) in [6.45, 7) is 3.35. The van der Waals surface area contributed by atoms with Gasteiger partial charge in [0.25, 0.3) is 0 Å². The fourth-order valence-corrected chi connectivity index (χ4v) is 2.68. The molecule has 24 heavy (non-hydrogen) atoms. The minimum atomic E-state index is -0.517. The van der Waals surface area contributed by atoms with Crippen LogP contribution in [0.4, 0.5) is 0 Å². The lowest BCUT2D eigenvalue weighted by atomic mass is 10.1. The monoisotopic (exact) mass is 332 g/mol. The molecule has 0 saturated carbocycles. The second kappa shape index (κ2) is 7.31. The number of amides is 2. The number of aromatic nitrogens is 2. The predicted octanol–water partition coefficient (Wildman–Crippen LogP) is 0.712. The number of carbonyl (C=O) groups excluding carboxylic acids is 2. The Morgan fingerprint density at radius 1 is 1.50 bits per heavy atom. The second-order valence-electron chi connectivity index (χ2n) is 5.52. The Bertz CT molecular complexity index is 695. The van der Waals surface area contributed by atoms with E-state index in [0.717, 1.165) is 5.69 Å². The van der Waals surface area contributed by atoms with Crippen LogP contribution in [-0.2, 0) is 27.4 Å². The van der Waals surface area contributed by atoms with Gasteiger partial charge in [0.05, 0.1) is 37.9 Å². The van der Waals surface area contributed by atoms with Crippen molar-refractivity contribution in [3.8, 4) is 0 Å². The smallest absolute Gasteiger partial charge is 0.249 e. The lowest BCUT2D eigenvalue weighted by molar-refractivity contribution is -0.139. The highest BCUT2D eigenvalue weighted by atomic mass is 16.5. The molecule has 128 valence electrons. The third-order valence-corrected chi connectivity index (χ3v) is 3.93. The molecule has 3 heterocycles. The molecule has 0 fully saturated rings. The highest BCUT2D eigenvalue weighted by Crippen LogP contribution is 2.21. The van der Waals surface area contributed by atoms with E-state index < -0.39 is 6.04 Å². The normalized spacial score (nSPS) is 16.7. The van der Waals surface area contributed by atoms with Crippen LogP contribution >= 0.6 is 0 Å². The Hall–Kier alpha value is -2.61. The van der Waals surface area contributed by atoms with Crippen LogP contribution in [0.15, 0.2) is 35.3 Å². The molecule has 3 rings (SSSR count). The fraction of sp³-hybridized carbons (Fsp3) is 0.438. The number of nitrogens with one attached hydrogen (secondary N) is 1. The van der Waals surface area contributed by atoms with Gasteiger partial charge in [-0.25, -0.2) is 4.98 Å². The molecule has 8 heteroatoms. The fourth-order valence-electron chi connectivity index (χ4n) is 2.68. The van der Waals surface area contributed by atoms with Crippen molar-refractivity contribution in [3.63, 3.8) is 0 Å². The summed E-state index contributed by atoms with van der Waals surface area (Å²) < 4.78 is 12.2. The minimum absolute atomic E-state index is 0.0192. The molecule has 8 nitrogen and oxygen atoms in total. The lowest BCUT2D eigenvalue weighted by Crippen LogP contribution is -2.47. The predicted molar refractivity (Wildman–Crippen MR) is 83.7 cm³/mol. The molecule has 0 spiro atoms. The van der Waals surface area contributed by atoms with Crippen LogP contribution in [0.25, 0.3) is 0 Å². The first-order valence-corrected chi connectivity index (χ1v) is 7.85. The molecule has 1 unspecified atom stereocenters. The largest absolute Gasteiger partial charge is 0.467 e. The van der Waals surface area contributed by atoms with Gasteiger partial charge in [0, 0.05) is 12.8 Å². The molecule has 2 aromatic rings. The van der Waals surface area contributed by atoms with Crippen molar-refractivity contribution in [2.24, 2.45) is 0 Å². The van der Waals surface area contributed by atoms with Crippen LogP contribution in [0.1, 0.15) is 24.4 Å². The molecule has 1 N–H and O–H groups in total. The van der Waals surface area contributed by atoms with Crippen LogP contribution < -0.4 is 5.32 Å². The number of fused-ring (bicyclic) bond motifs is 1. The molecule has 0 aromatic carbocycles. The SMILES string of the molecule is CCOCC(=O)N1Cc2cncn2C(C(=O)NCc2ccco2)C1. The molecule has 1 aliphatic rings. The van der Waals surface area contributed by atoms with Crippen molar-refractivity contribution in [1.29, 1.82) is 0 Å². The zero-order chi connectivity index (χ0) is 16.9. The Kier molecular flexibility index (Phi) is 4.95. The summed E-state index contributed by atoms with van der Waals surface area (Å²) in [6.07, 6.45) is 4.86. The van der Waals surface area contributed by atoms with E-state index in [0.29, 0.717) is 32.0 Å². The maximum atomic E-state index is 12.6. The van der Waals surface area contributed by atoms with E-state index in [2.05, 4.69) is 10.3 Å². The van der Waals surface area contributed by atoms with Crippen molar-refractivity contribution in [1.82, 2.24) is 19.8 Å². The van der Waals surface area contributed by atoms with Gasteiger partial charge in [-0.3, -0.25) is 9.59 Å². The summed E-state index contributed by atoms with van der Waals surface area (Å²) in [6, 6.07) is 3.04. The highest BCUT2D eigenvalue weighted by Gasteiger charge is 2.32. The number of hydrogen-bond donors (Lipinski definition) is 1. The average molecular weight is 332 g/mol. The summed E-state index contributed by atoms with van der Waals surface area (Å²) in [4.78, 5) is 30.5. The Morgan fingerprint density at radius 2 is 2.38 bits per heavy atom. The minimum Gasteiger partial charge on any atom is -0.467 e. The topological polar surface area (TPSA) is 89.6 Å². The molecule has 0 radical (unpaired) electrons. The first-order chi connectivity index (χ1) is 11.7. The summed E-state index contributed by atoms with van der Waals surface area (Å²) in [5, 5.41) is 2.84. The van der Waals surface area contributed by atoms with E-state index in [1.54, 1.807) is 35.8 Å². The molecule has 2 amide bonds. The van der Waals surface area contributed by atoms with Gasteiger partial charge < -0.3 is 23.9 Å². The van der Waals surface area contributed by atoms with Gasteiger partial charge in [-0.1, -0.05) is 0 Å². The molecule has 2 aromatic heterocycles. The lowest BCUT2D eigenvalue weighted by Gasteiger charge is -2.33. The van der Waals surface area contributed by atoms with Gasteiger partial charge in [0.1, 0.15) is 18.4 Å². The van der Waals surface area contributed by atoms with Crippen molar-refractivity contribution < 1.29 is 18.7 Å². The number of rotatable bonds is 6. The average Bonchev–Trinajstić information content (AvgIpc) is 3.27. The highest BCUT2D eigenvalue weighted by molar-refractivity contribution is 5.83. The van der Waals surface area contributed by atoms with Gasteiger partial charge in [-0.15, -0.1) is 0 Å².